The Bertz CT molecular complexity index is 561. The molecule has 98 valence electrons. The smallest absolute Gasteiger partial charge is 0.0961 e. The number of hydrogen-bond donors (Lipinski definition) is 1. The van der Waals surface area contributed by atoms with Gasteiger partial charge in [0.1, 0.15) is 0 Å². The van der Waals surface area contributed by atoms with E-state index in [0.29, 0.717) is 6.54 Å². The Labute approximate surface area is 109 Å². The van der Waals surface area contributed by atoms with E-state index >= 15 is 0 Å². The maximum atomic E-state index is 5.96. The highest BCUT2D eigenvalue weighted by molar-refractivity contribution is 5.77. The molecular weight excluding hydrogens is 222 g/mol. The fraction of sp³-hybridized carbons (Fsp3) is 0.533. The van der Waals surface area contributed by atoms with E-state index in [9.17, 15) is 0 Å². The minimum atomic E-state index is 0.126. The molecule has 2 N–H and O–H groups in total. The number of aromatic nitrogens is 2. The Balaban J connectivity index is 2.61. The molecule has 0 aliphatic heterocycles. The summed E-state index contributed by atoms with van der Waals surface area (Å²) in [6, 6.07) is 4.63. The summed E-state index contributed by atoms with van der Waals surface area (Å²) in [6.45, 7) is 11.5. The molecule has 18 heavy (non-hydrogen) atoms. The summed E-state index contributed by atoms with van der Waals surface area (Å²) in [5.41, 5.74) is 10.9. The Morgan fingerprint density at radius 2 is 1.83 bits per heavy atom. The Morgan fingerprint density at radius 1 is 1.22 bits per heavy atom. The summed E-state index contributed by atoms with van der Waals surface area (Å²) < 4.78 is 2.22. The fourth-order valence-electron chi connectivity index (χ4n) is 2.42. The van der Waals surface area contributed by atoms with Crippen molar-refractivity contribution < 1.29 is 0 Å². The molecule has 0 bridgehead atoms. The van der Waals surface area contributed by atoms with Crippen molar-refractivity contribution >= 4 is 11.0 Å². The normalized spacial score (nSPS) is 14.1. The highest BCUT2D eigenvalue weighted by Crippen LogP contribution is 2.32. The van der Waals surface area contributed by atoms with Crippen LogP contribution in [-0.4, -0.2) is 16.1 Å². The van der Waals surface area contributed by atoms with Gasteiger partial charge in [-0.3, -0.25) is 0 Å². The van der Waals surface area contributed by atoms with Gasteiger partial charge in [0.05, 0.1) is 23.4 Å². The summed E-state index contributed by atoms with van der Waals surface area (Å²) in [6.07, 6.45) is 1.92. The second kappa shape index (κ2) is 4.39. The molecule has 3 nitrogen and oxygen atoms in total. The van der Waals surface area contributed by atoms with Crippen LogP contribution in [0.15, 0.2) is 18.5 Å². The Hall–Kier alpha value is -1.35. The van der Waals surface area contributed by atoms with Gasteiger partial charge in [-0.25, -0.2) is 4.98 Å². The molecule has 0 saturated heterocycles. The van der Waals surface area contributed by atoms with Crippen LogP contribution in [0.5, 0.6) is 0 Å². The Morgan fingerprint density at radius 3 is 2.39 bits per heavy atom. The number of hydrogen-bond acceptors (Lipinski definition) is 2. The van der Waals surface area contributed by atoms with E-state index in [1.807, 2.05) is 6.33 Å². The largest absolute Gasteiger partial charge is 0.328 e. The SMILES string of the molecule is Cc1cc2ncn(C(CN)C(C)(C)C)c2cc1C. The third-order valence-corrected chi connectivity index (χ3v) is 3.75. The van der Waals surface area contributed by atoms with E-state index in [1.54, 1.807) is 0 Å². The first-order valence-corrected chi connectivity index (χ1v) is 6.48. The second-order valence-corrected chi connectivity index (χ2v) is 6.19. The number of fused-ring (bicyclic) bond motifs is 1. The van der Waals surface area contributed by atoms with Crippen molar-refractivity contribution in [3.05, 3.63) is 29.6 Å². The zero-order valence-electron chi connectivity index (χ0n) is 12.0. The average Bonchev–Trinajstić information content (AvgIpc) is 2.62. The lowest BCUT2D eigenvalue weighted by Crippen LogP contribution is -2.30. The summed E-state index contributed by atoms with van der Waals surface area (Å²) >= 11 is 0. The molecule has 0 aliphatic carbocycles. The highest BCUT2D eigenvalue weighted by Gasteiger charge is 2.26. The van der Waals surface area contributed by atoms with Gasteiger partial charge in [0.2, 0.25) is 0 Å². The summed E-state index contributed by atoms with van der Waals surface area (Å²) in [4.78, 5) is 4.51. The van der Waals surface area contributed by atoms with Gasteiger partial charge in [-0.2, -0.15) is 0 Å². The van der Waals surface area contributed by atoms with E-state index in [-0.39, 0.29) is 11.5 Å². The third-order valence-electron chi connectivity index (χ3n) is 3.75. The number of benzene rings is 1. The first kappa shape index (κ1) is 13.1. The molecule has 0 spiro atoms. The van der Waals surface area contributed by atoms with E-state index in [1.165, 1.54) is 16.6 Å². The topological polar surface area (TPSA) is 43.8 Å². The molecule has 1 aromatic heterocycles. The number of imidazole rings is 1. The summed E-state index contributed by atoms with van der Waals surface area (Å²) in [5, 5.41) is 0. The van der Waals surface area contributed by atoms with E-state index < -0.39 is 0 Å². The van der Waals surface area contributed by atoms with Crippen molar-refractivity contribution in [2.24, 2.45) is 11.1 Å². The van der Waals surface area contributed by atoms with E-state index in [0.717, 1.165) is 5.52 Å². The van der Waals surface area contributed by atoms with Gasteiger partial charge in [-0.05, 0) is 42.5 Å². The number of rotatable bonds is 2. The Kier molecular flexibility index (Phi) is 3.20. The molecule has 1 heterocycles. The van der Waals surface area contributed by atoms with Gasteiger partial charge in [0.25, 0.3) is 0 Å². The van der Waals surface area contributed by atoms with Crippen molar-refractivity contribution in [3.63, 3.8) is 0 Å². The molecule has 0 amide bonds. The van der Waals surface area contributed by atoms with Crippen LogP contribution in [0.4, 0.5) is 0 Å². The molecule has 0 fully saturated rings. The maximum Gasteiger partial charge on any atom is 0.0961 e. The van der Waals surface area contributed by atoms with Crippen LogP contribution in [0, 0.1) is 19.3 Å². The minimum absolute atomic E-state index is 0.126. The van der Waals surface area contributed by atoms with Crippen LogP contribution in [0.3, 0.4) is 0 Å². The van der Waals surface area contributed by atoms with Crippen LogP contribution < -0.4 is 5.73 Å². The molecule has 2 rings (SSSR count). The number of nitrogens with zero attached hydrogens (tertiary/aromatic N) is 2. The fourth-order valence-corrected chi connectivity index (χ4v) is 2.42. The van der Waals surface area contributed by atoms with Crippen molar-refractivity contribution in [1.82, 2.24) is 9.55 Å². The molecule has 3 heteroatoms. The molecule has 2 aromatic rings. The zero-order valence-corrected chi connectivity index (χ0v) is 12.0. The predicted octanol–water partition coefficient (Wildman–Crippen LogP) is 3.20. The first-order valence-electron chi connectivity index (χ1n) is 6.48. The molecule has 0 radical (unpaired) electrons. The number of nitrogens with two attached hydrogens (primary N) is 1. The average molecular weight is 245 g/mol. The van der Waals surface area contributed by atoms with Crippen LogP contribution in [0.1, 0.15) is 37.9 Å². The summed E-state index contributed by atoms with van der Waals surface area (Å²) in [7, 11) is 0. The van der Waals surface area contributed by atoms with Gasteiger partial charge >= 0.3 is 0 Å². The highest BCUT2D eigenvalue weighted by atomic mass is 15.1. The van der Waals surface area contributed by atoms with Gasteiger partial charge < -0.3 is 10.3 Å². The van der Waals surface area contributed by atoms with Crippen LogP contribution in [0.25, 0.3) is 11.0 Å². The van der Waals surface area contributed by atoms with Crippen LogP contribution >= 0.6 is 0 Å². The van der Waals surface area contributed by atoms with Crippen molar-refractivity contribution in [3.8, 4) is 0 Å². The van der Waals surface area contributed by atoms with Crippen molar-refractivity contribution in [2.75, 3.05) is 6.54 Å². The third kappa shape index (κ3) is 2.15. The van der Waals surface area contributed by atoms with Crippen LogP contribution in [0.2, 0.25) is 0 Å². The first-order chi connectivity index (χ1) is 8.34. The lowest BCUT2D eigenvalue weighted by molar-refractivity contribution is 0.253. The quantitative estimate of drug-likeness (QED) is 0.883. The van der Waals surface area contributed by atoms with Crippen molar-refractivity contribution in [2.45, 2.75) is 40.7 Å². The van der Waals surface area contributed by atoms with Crippen molar-refractivity contribution in [1.29, 1.82) is 0 Å². The second-order valence-electron chi connectivity index (χ2n) is 6.19. The number of aryl methyl sites for hydroxylation is 2. The predicted molar refractivity (Wildman–Crippen MR) is 76.8 cm³/mol. The van der Waals surface area contributed by atoms with Gasteiger partial charge in [0.15, 0.2) is 0 Å². The monoisotopic (exact) mass is 245 g/mol. The lowest BCUT2D eigenvalue weighted by Gasteiger charge is -2.31. The van der Waals surface area contributed by atoms with Gasteiger partial charge in [0, 0.05) is 6.54 Å². The maximum absolute atomic E-state index is 5.96. The summed E-state index contributed by atoms with van der Waals surface area (Å²) in [5.74, 6) is 0. The van der Waals surface area contributed by atoms with Crippen LogP contribution in [-0.2, 0) is 0 Å². The van der Waals surface area contributed by atoms with E-state index in [4.69, 9.17) is 5.73 Å². The molecule has 0 saturated carbocycles. The molecular formula is C15H23N3. The minimum Gasteiger partial charge on any atom is -0.328 e. The standard InChI is InChI=1S/C15H23N3/c1-10-6-12-13(7-11(10)2)18(9-17-12)14(8-16)15(3,4)5/h6-7,9,14H,8,16H2,1-5H3. The zero-order chi connectivity index (χ0) is 13.5. The molecule has 1 unspecified atom stereocenters. The van der Waals surface area contributed by atoms with E-state index in [2.05, 4.69) is 56.3 Å². The van der Waals surface area contributed by atoms with Gasteiger partial charge in [-0.1, -0.05) is 20.8 Å². The lowest BCUT2D eigenvalue weighted by atomic mass is 9.86. The molecule has 0 aliphatic rings. The molecule has 1 aromatic carbocycles. The molecule has 1 atom stereocenters. The van der Waals surface area contributed by atoms with Gasteiger partial charge in [-0.15, -0.1) is 0 Å².